The maximum Gasteiger partial charge on any atom is 0.253 e. The summed E-state index contributed by atoms with van der Waals surface area (Å²) in [5.74, 6) is 0.397. The van der Waals surface area contributed by atoms with Crippen molar-refractivity contribution in [2.45, 2.75) is 25.3 Å². The standard InChI is InChI=1S/C21H28ClN3O4S/c22-18-5-3-16(4-6-18)20(26)25-8-1-2-17(14-25)21(27)24-11-9-23(10-12-24)19-7-13-30(28,29)15-19/h3-6,17,19H,1-2,7-15H2/t17-,19+/m0/s1. The van der Waals surface area contributed by atoms with Crippen LogP contribution in [0.25, 0.3) is 0 Å². The van der Waals surface area contributed by atoms with Crippen molar-refractivity contribution in [3.63, 3.8) is 0 Å². The highest BCUT2D eigenvalue weighted by molar-refractivity contribution is 7.91. The maximum absolute atomic E-state index is 13.1. The Morgan fingerprint density at radius 3 is 2.27 bits per heavy atom. The van der Waals surface area contributed by atoms with E-state index in [1.54, 1.807) is 29.2 Å². The quantitative estimate of drug-likeness (QED) is 0.693. The summed E-state index contributed by atoms with van der Waals surface area (Å²) < 4.78 is 23.5. The second kappa shape index (κ2) is 8.85. The van der Waals surface area contributed by atoms with Gasteiger partial charge in [0, 0.05) is 55.9 Å². The molecule has 0 bridgehead atoms. The summed E-state index contributed by atoms with van der Waals surface area (Å²) in [6.45, 7) is 3.78. The van der Waals surface area contributed by atoms with E-state index in [9.17, 15) is 18.0 Å². The van der Waals surface area contributed by atoms with Crippen molar-refractivity contribution in [3.8, 4) is 0 Å². The smallest absolute Gasteiger partial charge is 0.253 e. The molecule has 30 heavy (non-hydrogen) atoms. The van der Waals surface area contributed by atoms with Crippen molar-refractivity contribution in [2.24, 2.45) is 5.92 Å². The summed E-state index contributed by atoms with van der Waals surface area (Å²) in [5, 5.41) is 0.590. The number of hydrogen-bond acceptors (Lipinski definition) is 5. The first-order chi connectivity index (χ1) is 14.3. The molecule has 1 aromatic carbocycles. The molecule has 0 saturated carbocycles. The van der Waals surface area contributed by atoms with Gasteiger partial charge in [0.2, 0.25) is 5.91 Å². The molecule has 9 heteroatoms. The fraction of sp³-hybridized carbons (Fsp3) is 0.619. The van der Waals surface area contributed by atoms with Crippen LogP contribution in [0.2, 0.25) is 5.02 Å². The molecule has 0 aliphatic carbocycles. The fourth-order valence-electron chi connectivity index (χ4n) is 4.77. The van der Waals surface area contributed by atoms with Gasteiger partial charge in [0.25, 0.3) is 5.91 Å². The molecule has 3 heterocycles. The van der Waals surface area contributed by atoms with E-state index in [-0.39, 0.29) is 35.3 Å². The van der Waals surface area contributed by atoms with Gasteiger partial charge >= 0.3 is 0 Å². The molecule has 4 rings (SSSR count). The van der Waals surface area contributed by atoms with Gasteiger partial charge in [-0.05, 0) is 43.5 Å². The lowest BCUT2D eigenvalue weighted by Crippen LogP contribution is -2.55. The molecule has 3 fully saturated rings. The van der Waals surface area contributed by atoms with Crippen LogP contribution >= 0.6 is 11.6 Å². The minimum Gasteiger partial charge on any atom is -0.340 e. The summed E-state index contributed by atoms with van der Waals surface area (Å²) in [4.78, 5) is 31.8. The second-order valence-electron chi connectivity index (χ2n) is 8.52. The van der Waals surface area contributed by atoms with Crippen molar-refractivity contribution in [1.82, 2.24) is 14.7 Å². The highest BCUT2D eigenvalue weighted by Crippen LogP contribution is 2.24. The van der Waals surface area contributed by atoms with Crippen LogP contribution in [-0.4, -0.2) is 91.7 Å². The van der Waals surface area contributed by atoms with Crippen LogP contribution < -0.4 is 0 Å². The molecule has 2 amide bonds. The van der Waals surface area contributed by atoms with Crippen molar-refractivity contribution >= 4 is 33.3 Å². The van der Waals surface area contributed by atoms with Gasteiger partial charge in [-0.15, -0.1) is 0 Å². The zero-order valence-electron chi connectivity index (χ0n) is 17.0. The zero-order chi connectivity index (χ0) is 21.3. The molecule has 7 nitrogen and oxygen atoms in total. The number of carbonyl (C=O) groups excluding carboxylic acids is 2. The van der Waals surface area contributed by atoms with Gasteiger partial charge in [0.15, 0.2) is 9.84 Å². The van der Waals surface area contributed by atoms with Crippen LogP contribution in [0, 0.1) is 5.92 Å². The van der Waals surface area contributed by atoms with Gasteiger partial charge in [-0.3, -0.25) is 14.5 Å². The van der Waals surface area contributed by atoms with E-state index in [0.717, 1.165) is 12.8 Å². The first-order valence-electron chi connectivity index (χ1n) is 10.6. The third-order valence-electron chi connectivity index (χ3n) is 6.50. The monoisotopic (exact) mass is 453 g/mol. The number of benzene rings is 1. The number of nitrogens with zero attached hydrogens (tertiary/aromatic N) is 3. The molecular formula is C21H28ClN3O4S. The van der Waals surface area contributed by atoms with Gasteiger partial charge in [0.05, 0.1) is 17.4 Å². The topological polar surface area (TPSA) is 78.0 Å². The van der Waals surface area contributed by atoms with Gasteiger partial charge in [0.1, 0.15) is 0 Å². The Hall–Kier alpha value is -1.64. The maximum atomic E-state index is 13.1. The number of piperidine rings is 1. The van der Waals surface area contributed by atoms with E-state index >= 15 is 0 Å². The van der Waals surface area contributed by atoms with Crippen LogP contribution in [0.5, 0.6) is 0 Å². The molecule has 0 unspecified atom stereocenters. The minimum atomic E-state index is -2.90. The number of piperazine rings is 1. The van der Waals surface area contributed by atoms with Gasteiger partial charge in [-0.2, -0.15) is 0 Å². The molecule has 0 radical (unpaired) electrons. The Bertz CT molecular complexity index is 897. The summed E-state index contributed by atoms with van der Waals surface area (Å²) in [5.41, 5.74) is 0.590. The molecule has 164 valence electrons. The minimum absolute atomic E-state index is 0.0589. The van der Waals surface area contributed by atoms with Gasteiger partial charge in [-0.25, -0.2) is 8.42 Å². The summed E-state index contributed by atoms with van der Waals surface area (Å²) in [6, 6.07) is 6.94. The predicted molar refractivity (Wildman–Crippen MR) is 115 cm³/mol. The molecule has 3 aliphatic heterocycles. The normalized spacial score (nSPS) is 27.2. The highest BCUT2D eigenvalue weighted by atomic mass is 35.5. The summed E-state index contributed by atoms with van der Waals surface area (Å²) in [7, 11) is -2.90. The van der Waals surface area contributed by atoms with E-state index in [4.69, 9.17) is 11.6 Å². The third-order valence-corrected chi connectivity index (χ3v) is 8.50. The highest BCUT2D eigenvalue weighted by Gasteiger charge is 2.36. The number of amides is 2. The Labute approximate surface area is 182 Å². The Morgan fingerprint density at radius 1 is 0.933 bits per heavy atom. The van der Waals surface area contributed by atoms with Crippen LogP contribution in [0.1, 0.15) is 29.6 Å². The number of likely N-dealkylation sites (tertiary alicyclic amines) is 1. The van der Waals surface area contributed by atoms with Gasteiger partial charge in [-0.1, -0.05) is 11.6 Å². The number of hydrogen-bond donors (Lipinski definition) is 0. The third kappa shape index (κ3) is 4.81. The molecule has 2 atom stereocenters. The Balaban J connectivity index is 1.31. The van der Waals surface area contributed by atoms with Crippen LogP contribution in [-0.2, 0) is 14.6 Å². The van der Waals surface area contributed by atoms with Crippen molar-refractivity contribution in [3.05, 3.63) is 34.9 Å². The largest absolute Gasteiger partial charge is 0.340 e. The molecule has 0 spiro atoms. The first-order valence-corrected chi connectivity index (χ1v) is 12.8. The van der Waals surface area contributed by atoms with E-state index in [1.807, 2.05) is 4.90 Å². The van der Waals surface area contributed by atoms with E-state index in [0.29, 0.717) is 56.3 Å². The second-order valence-corrected chi connectivity index (χ2v) is 11.2. The lowest BCUT2D eigenvalue weighted by atomic mass is 9.95. The average molecular weight is 454 g/mol. The lowest BCUT2D eigenvalue weighted by molar-refractivity contribution is -0.139. The van der Waals surface area contributed by atoms with E-state index in [1.165, 1.54) is 0 Å². The van der Waals surface area contributed by atoms with Crippen molar-refractivity contribution in [2.75, 3.05) is 50.8 Å². The van der Waals surface area contributed by atoms with Crippen LogP contribution in [0.3, 0.4) is 0 Å². The van der Waals surface area contributed by atoms with E-state index in [2.05, 4.69) is 4.90 Å². The number of sulfone groups is 1. The summed E-state index contributed by atoms with van der Waals surface area (Å²) in [6.07, 6.45) is 2.31. The number of halogens is 1. The SMILES string of the molecule is O=C(c1ccc(Cl)cc1)N1CCC[C@H](C(=O)N2CCN([C@@H]3CCS(=O)(=O)C3)CC2)C1. The molecular weight excluding hydrogens is 426 g/mol. The van der Waals surface area contributed by atoms with Crippen LogP contribution in [0.4, 0.5) is 0 Å². The fourth-order valence-corrected chi connectivity index (χ4v) is 6.65. The Kier molecular flexibility index (Phi) is 6.36. The predicted octanol–water partition coefficient (Wildman–Crippen LogP) is 1.52. The van der Waals surface area contributed by atoms with E-state index < -0.39 is 9.84 Å². The first kappa shape index (κ1) is 21.6. The molecule has 3 saturated heterocycles. The number of carbonyl (C=O) groups is 2. The summed E-state index contributed by atoms with van der Waals surface area (Å²) >= 11 is 5.91. The van der Waals surface area contributed by atoms with Gasteiger partial charge < -0.3 is 9.80 Å². The molecule has 3 aliphatic rings. The molecule has 0 aromatic heterocycles. The molecule has 1 aromatic rings. The van der Waals surface area contributed by atoms with Crippen LogP contribution in [0.15, 0.2) is 24.3 Å². The van der Waals surface area contributed by atoms with Crippen molar-refractivity contribution in [1.29, 1.82) is 0 Å². The Morgan fingerprint density at radius 2 is 1.63 bits per heavy atom. The average Bonchev–Trinajstić information content (AvgIpc) is 3.13. The van der Waals surface area contributed by atoms with Crippen molar-refractivity contribution < 1.29 is 18.0 Å². The number of rotatable bonds is 3. The molecule has 0 N–H and O–H groups in total. The lowest BCUT2D eigenvalue weighted by Gasteiger charge is -2.40. The zero-order valence-corrected chi connectivity index (χ0v) is 18.6.